The minimum absolute atomic E-state index is 0.224. The van der Waals surface area contributed by atoms with E-state index in [9.17, 15) is 0 Å². The molecule has 0 aliphatic carbocycles. The Morgan fingerprint density at radius 2 is 2.26 bits per heavy atom. The van der Waals surface area contributed by atoms with Crippen LogP contribution in [0.15, 0.2) is 12.4 Å². The number of aryl methyl sites for hydroxylation is 1. The highest BCUT2D eigenvalue weighted by molar-refractivity contribution is 5.63. The number of aromatic nitrogens is 4. The Labute approximate surface area is 112 Å². The fourth-order valence-corrected chi connectivity index (χ4v) is 2.78. The maximum Gasteiger partial charge on any atom is 0.203 e. The quantitative estimate of drug-likeness (QED) is 0.872. The molecule has 0 aromatic carbocycles. The number of fused-ring (bicyclic) bond motifs is 1. The first-order valence-corrected chi connectivity index (χ1v) is 6.83. The van der Waals surface area contributed by atoms with Gasteiger partial charge in [-0.25, -0.2) is 4.98 Å². The van der Waals surface area contributed by atoms with Gasteiger partial charge in [0, 0.05) is 31.5 Å². The molecule has 2 N–H and O–H groups in total. The van der Waals surface area contributed by atoms with E-state index < -0.39 is 0 Å². The number of nitrogens with zero attached hydrogens (tertiary/aromatic N) is 5. The van der Waals surface area contributed by atoms with E-state index in [2.05, 4.69) is 27.0 Å². The summed E-state index contributed by atoms with van der Waals surface area (Å²) in [5.41, 5.74) is 6.88. The molecule has 0 saturated carbocycles. The van der Waals surface area contributed by atoms with Gasteiger partial charge < -0.3 is 10.6 Å². The van der Waals surface area contributed by atoms with Crippen LogP contribution in [0, 0.1) is 12.8 Å². The molecule has 2 aromatic heterocycles. The Bertz CT molecular complexity index is 576. The number of nitrogens with two attached hydrogens (primary N) is 1. The molecule has 1 aliphatic rings. The first kappa shape index (κ1) is 12.3. The number of piperidine rings is 1. The summed E-state index contributed by atoms with van der Waals surface area (Å²) in [5, 5.41) is 8.37. The van der Waals surface area contributed by atoms with Gasteiger partial charge in [0.15, 0.2) is 5.82 Å². The Kier molecular flexibility index (Phi) is 3.10. The van der Waals surface area contributed by atoms with Crippen molar-refractivity contribution in [2.45, 2.75) is 32.7 Å². The summed E-state index contributed by atoms with van der Waals surface area (Å²) >= 11 is 0. The zero-order valence-corrected chi connectivity index (χ0v) is 11.5. The highest BCUT2D eigenvalue weighted by Crippen LogP contribution is 2.25. The highest BCUT2D eigenvalue weighted by Gasteiger charge is 2.25. The zero-order valence-electron chi connectivity index (χ0n) is 11.5. The van der Waals surface area contributed by atoms with Gasteiger partial charge in [0.05, 0.1) is 0 Å². The van der Waals surface area contributed by atoms with Crippen LogP contribution in [0.3, 0.4) is 0 Å². The third kappa shape index (κ3) is 2.16. The molecule has 6 heteroatoms. The molecule has 1 saturated heterocycles. The van der Waals surface area contributed by atoms with Gasteiger partial charge in [0.2, 0.25) is 5.65 Å². The highest BCUT2D eigenvalue weighted by atomic mass is 15.3. The van der Waals surface area contributed by atoms with Gasteiger partial charge in [0.25, 0.3) is 0 Å². The molecule has 1 fully saturated rings. The summed E-state index contributed by atoms with van der Waals surface area (Å²) in [7, 11) is 0. The van der Waals surface area contributed by atoms with Gasteiger partial charge in [0.1, 0.15) is 5.82 Å². The fourth-order valence-electron chi connectivity index (χ4n) is 2.78. The molecule has 2 aromatic rings. The monoisotopic (exact) mass is 260 g/mol. The van der Waals surface area contributed by atoms with Crippen LogP contribution < -0.4 is 10.6 Å². The van der Waals surface area contributed by atoms with E-state index in [-0.39, 0.29) is 6.04 Å². The Hall–Kier alpha value is -1.69. The lowest BCUT2D eigenvalue weighted by atomic mass is 9.92. The predicted molar refractivity (Wildman–Crippen MR) is 74.1 cm³/mol. The average molecular weight is 260 g/mol. The number of hydrogen-bond acceptors (Lipinski definition) is 5. The summed E-state index contributed by atoms with van der Waals surface area (Å²) in [6.07, 6.45) is 6.07. The molecular weight excluding hydrogens is 240 g/mol. The third-order valence-corrected chi connectivity index (χ3v) is 3.98. The molecule has 6 nitrogen and oxygen atoms in total. The van der Waals surface area contributed by atoms with Crippen LogP contribution in [0.25, 0.3) is 5.65 Å². The van der Waals surface area contributed by atoms with Crippen LogP contribution in [-0.4, -0.2) is 38.7 Å². The molecule has 0 radical (unpaired) electrons. The number of anilines is 1. The summed E-state index contributed by atoms with van der Waals surface area (Å²) in [5.74, 6) is 2.34. The molecule has 102 valence electrons. The van der Waals surface area contributed by atoms with E-state index in [0.29, 0.717) is 5.92 Å². The van der Waals surface area contributed by atoms with Gasteiger partial charge in [-0.3, -0.25) is 4.40 Å². The standard InChI is InChI=1S/C13H20N6/c1-9(14)11-4-3-6-18(8-11)12-13-17-16-10(2)19(13)7-5-15-12/h5,7,9,11H,3-4,6,8,14H2,1-2H3. The van der Waals surface area contributed by atoms with Gasteiger partial charge in [-0.2, -0.15) is 0 Å². The lowest BCUT2D eigenvalue weighted by Crippen LogP contribution is -2.42. The second-order valence-electron chi connectivity index (χ2n) is 5.40. The molecular formula is C13H20N6. The third-order valence-electron chi connectivity index (χ3n) is 3.98. The van der Waals surface area contributed by atoms with Gasteiger partial charge >= 0.3 is 0 Å². The van der Waals surface area contributed by atoms with Crippen molar-refractivity contribution in [1.82, 2.24) is 19.6 Å². The predicted octanol–water partition coefficient (Wildman–Crippen LogP) is 0.996. The molecule has 3 rings (SSSR count). The van der Waals surface area contributed by atoms with Crippen LogP contribution in [0.5, 0.6) is 0 Å². The second kappa shape index (κ2) is 4.77. The topological polar surface area (TPSA) is 72.3 Å². The lowest BCUT2D eigenvalue weighted by molar-refractivity contribution is 0.363. The Morgan fingerprint density at radius 1 is 1.42 bits per heavy atom. The molecule has 3 heterocycles. The molecule has 1 aliphatic heterocycles. The van der Waals surface area contributed by atoms with Gasteiger partial charge in [-0.1, -0.05) is 0 Å². The average Bonchev–Trinajstić information content (AvgIpc) is 2.81. The first-order chi connectivity index (χ1) is 9.16. The van der Waals surface area contributed by atoms with E-state index in [0.717, 1.165) is 36.8 Å². The molecule has 2 atom stereocenters. The SMILES string of the molecule is Cc1nnc2c(N3CCCC(C(C)N)C3)nccn12. The lowest BCUT2D eigenvalue weighted by Gasteiger charge is -2.35. The van der Waals surface area contributed by atoms with Crippen LogP contribution in [0.1, 0.15) is 25.6 Å². The van der Waals surface area contributed by atoms with E-state index in [4.69, 9.17) is 5.73 Å². The van der Waals surface area contributed by atoms with E-state index in [1.807, 2.05) is 23.7 Å². The maximum absolute atomic E-state index is 6.04. The van der Waals surface area contributed by atoms with E-state index in [1.165, 1.54) is 6.42 Å². The molecule has 0 spiro atoms. The van der Waals surface area contributed by atoms with E-state index >= 15 is 0 Å². The summed E-state index contributed by atoms with van der Waals surface area (Å²) in [4.78, 5) is 6.79. The van der Waals surface area contributed by atoms with Crippen molar-refractivity contribution in [2.75, 3.05) is 18.0 Å². The normalized spacial score (nSPS) is 21.8. The Balaban J connectivity index is 1.95. The Morgan fingerprint density at radius 3 is 3.05 bits per heavy atom. The number of hydrogen-bond donors (Lipinski definition) is 1. The largest absolute Gasteiger partial charge is 0.353 e. The van der Waals surface area contributed by atoms with Crippen molar-refractivity contribution in [2.24, 2.45) is 11.7 Å². The van der Waals surface area contributed by atoms with Gasteiger partial charge in [-0.05, 0) is 32.6 Å². The summed E-state index contributed by atoms with van der Waals surface area (Å²) in [6.45, 7) is 6.01. The van der Waals surface area contributed by atoms with Crippen molar-refractivity contribution >= 4 is 11.5 Å². The minimum atomic E-state index is 0.224. The van der Waals surface area contributed by atoms with Crippen molar-refractivity contribution in [3.8, 4) is 0 Å². The summed E-state index contributed by atoms with van der Waals surface area (Å²) < 4.78 is 1.98. The minimum Gasteiger partial charge on any atom is -0.353 e. The molecule has 19 heavy (non-hydrogen) atoms. The van der Waals surface area contributed by atoms with Crippen LogP contribution in [-0.2, 0) is 0 Å². The fraction of sp³-hybridized carbons (Fsp3) is 0.615. The van der Waals surface area contributed by atoms with Crippen LogP contribution in [0.4, 0.5) is 5.82 Å². The van der Waals surface area contributed by atoms with Crippen LogP contribution in [0.2, 0.25) is 0 Å². The van der Waals surface area contributed by atoms with Crippen molar-refractivity contribution < 1.29 is 0 Å². The summed E-state index contributed by atoms with van der Waals surface area (Å²) in [6, 6.07) is 0.224. The van der Waals surface area contributed by atoms with Crippen molar-refractivity contribution in [3.05, 3.63) is 18.2 Å². The number of rotatable bonds is 2. The van der Waals surface area contributed by atoms with E-state index in [1.54, 1.807) is 0 Å². The van der Waals surface area contributed by atoms with Gasteiger partial charge in [-0.15, -0.1) is 10.2 Å². The van der Waals surface area contributed by atoms with Crippen LogP contribution >= 0.6 is 0 Å². The molecule has 2 unspecified atom stereocenters. The first-order valence-electron chi connectivity index (χ1n) is 6.83. The second-order valence-corrected chi connectivity index (χ2v) is 5.40. The van der Waals surface area contributed by atoms with Crippen molar-refractivity contribution in [3.63, 3.8) is 0 Å². The zero-order chi connectivity index (χ0) is 13.4. The molecule has 0 amide bonds. The molecule has 0 bridgehead atoms. The maximum atomic E-state index is 6.04. The van der Waals surface area contributed by atoms with Crippen molar-refractivity contribution in [1.29, 1.82) is 0 Å². The smallest absolute Gasteiger partial charge is 0.203 e.